The highest BCUT2D eigenvalue weighted by atomic mass is 35.5. The number of rotatable bonds is 2. The topological polar surface area (TPSA) is 22.0 Å². The van der Waals surface area contributed by atoms with E-state index in [1.165, 1.54) is 16.7 Å². The number of benzene rings is 1. The molecule has 1 heterocycles. The zero-order valence-corrected chi connectivity index (χ0v) is 10.0. The fourth-order valence-electron chi connectivity index (χ4n) is 1.59. The van der Waals surface area contributed by atoms with Crippen LogP contribution in [0.3, 0.4) is 0 Å². The molecule has 0 saturated heterocycles. The number of aryl methyl sites for hydroxylation is 1. The van der Waals surface area contributed by atoms with E-state index in [1.807, 2.05) is 13.0 Å². The molecule has 0 aliphatic rings. The second kappa shape index (κ2) is 4.72. The summed E-state index contributed by atoms with van der Waals surface area (Å²) in [5.74, 6) is -0.471. The summed E-state index contributed by atoms with van der Waals surface area (Å²) in [6.07, 6.45) is 1.65. The minimum absolute atomic E-state index is 0.0719. The van der Waals surface area contributed by atoms with E-state index in [2.05, 4.69) is 0 Å². The minimum atomic E-state index is -0.471. The van der Waals surface area contributed by atoms with Crippen molar-refractivity contribution in [3.63, 3.8) is 0 Å². The van der Waals surface area contributed by atoms with Crippen LogP contribution < -0.4 is 5.56 Å². The Morgan fingerprint density at radius 2 is 2.12 bits per heavy atom. The predicted octanol–water partition coefficient (Wildman–Crippen LogP) is 3.00. The van der Waals surface area contributed by atoms with Crippen LogP contribution in [0.5, 0.6) is 0 Å². The van der Waals surface area contributed by atoms with Crippen LogP contribution in [0, 0.1) is 12.7 Å². The maximum Gasteiger partial charge on any atom is 0.251 e. The lowest BCUT2D eigenvalue weighted by atomic mass is 10.2. The predicted molar refractivity (Wildman–Crippen MR) is 66.0 cm³/mol. The first-order valence-corrected chi connectivity index (χ1v) is 5.56. The van der Waals surface area contributed by atoms with Gasteiger partial charge in [0.2, 0.25) is 0 Å². The van der Waals surface area contributed by atoms with Crippen molar-refractivity contribution in [2.75, 3.05) is 0 Å². The van der Waals surface area contributed by atoms with Crippen LogP contribution in [0.25, 0.3) is 0 Å². The second-order valence-electron chi connectivity index (χ2n) is 3.88. The summed E-state index contributed by atoms with van der Waals surface area (Å²) in [5, 5.41) is 0.0719. The van der Waals surface area contributed by atoms with Crippen LogP contribution in [0.1, 0.15) is 11.1 Å². The van der Waals surface area contributed by atoms with Crippen molar-refractivity contribution in [3.8, 4) is 0 Å². The lowest BCUT2D eigenvalue weighted by Gasteiger charge is -2.07. The van der Waals surface area contributed by atoms with E-state index in [0.717, 1.165) is 5.56 Å². The molecule has 2 aromatic rings. The maximum atomic E-state index is 13.7. The highest BCUT2D eigenvalue weighted by Gasteiger charge is 2.07. The van der Waals surface area contributed by atoms with Gasteiger partial charge in [-0.15, -0.1) is 0 Å². The van der Waals surface area contributed by atoms with Crippen molar-refractivity contribution in [1.29, 1.82) is 0 Å². The molecule has 4 heteroatoms. The average Bonchev–Trinajstić information content (AvgIpc) is 2.28. The Kier molecular flexibility index (Phi) is 3.29. The highest BCUT2D eigenvalue weighted by Crippen LogP contribution is 2.18. The van der Waals surface area contributed by atoms with Gasteiger partial charge >= 0.3 is 0 Å². The summed E-state index contributed by atoms with van der Waals surface area (Å²) in [5.41, 5.74) is 1.14. The molecular weight excluding hydrogens is 241 g/mol. The molecule has 0 spiro atoms. The van der Waals surface area contributed by atoms with Gasteiger partial charge in [0.1, 0.15) is 5.82 Å². The van der Waals surface area contributed by atoms with Crippen LogP contribution in [0.15, 0.2) is 41.3 Å². The van der Waals surface area contributed by atoms with Gasteiger partial charge in [0.05, 0.1) is 11.6 Å². The molecular formula is C13H11ClFNO. The molecule has 0 fully saturated rings. The fourth-order valence-corrected chi connectivity index (χ4v) is 1.79. The largest absolute Gasteiger partial charge is 0.311 e. The van der Waals surface area contributed by atoms with Crippen molar-refractivity contribution in [2.45, 2.75) is 13.5 Å². The van der Waals surface area contributed by atoms with Gasteiger partial charge < -0.3 is 4.57 Å². The second-order valence-corrected chi connectivity index (χ2v) is 4.29. The van der Waals surface area contributed by atoms with Gasteiger partial charge in [-0.2, -0.15) is 0 Å². The molecule has 0 aliphatic heterocycles. The van der Waals surface area contributed by atoms with Crippen LogP contribution in [0.2, 0.25) is 5.02 Å². The number of nitrogens with zero attached hydrogens (tertiary/aromatic N) is 1. The Labute approximate surface area is 103 Å². The molecule has 1 aromatic heterocycles. The first-order valence-electron chi connectivity index (χ1n) is 5.18. The summed E-state index contributed by atoms with van der Waals surface area (Å²) in [6, 6.07) is 8.10. The molecule has 88 valence electrons. The Bertz CT molecular complexity index is 607. The van der Waals surface area contributed by atoms with E-state index in [-0.39, 0.29) is 17.1 Å². The summed E-state index contributed by atoms with van der Waals surface area (Å²) in [6.45, 7) is 2.03. The van der Waals surface area contributed by atoms with Gasteiger partial charge in [-0.3, -0.25) is 4.79 Å². The Morgan fingerprint density at radius 3 is 2.82 bits per heavy atom. The summed E-state index contributed by atoms with van der Waals surface area (Å²) in [7, 11) is 0. The van der Waals surface area contributed by atoms with Crippen LogP contribution in [-0.4, -0.2) is 4.57 Å². The lowest BCUT2D eigenvalue weighted by Crippen LogP contribution is -2.19. The van der Waals surface area contributed by atoms with Crippen LogP contribution in [-0.2, 0) is 6.54 Å². The third-order valence-corrected chi connectivity index (χ3v) is 2.82. The first kappa shape index (κ1) is 11.9. The smallest absolute Gasteiger partial charge is 0.251 e. The van der Waals surface area contributed by atoms with Crippen molar-refractivity contribution < 1.29 is 4.39 Å². The highest BCUT2D eigenvalue weighted by molar-refractivity contribution is 6.30. The van der Waals surface area contributed by atoms with E-state index in [4.69, 9.17) is 11.6 Å². The number of halogens is 2. The lowest BCUT2D eigenvalue weighted by molar-refractivity contribution is 0.596. The third kappa shape index (κ3) is 2.56. The van der Waals surface area contributed by atoms with E-state index >= 15 is 0 Å². The number of hydrogen-bond acceptors (Lipinski definition) is 1. The summed E-state index contributed by atoms with van der Waals surface area (Å²) in [4.78, 5) is 11.6. The number of pyridine rings is 1. The molecule has 0 unspecified atom stereocenters. The fraction of sp³-hybridized carbons (Fsp3) is 0.154. The SMILES string of the molecule is Cc1ccn(Cc2cccc(Cl)c2F)c(=O)c1. The van der Waals surface area contributed by atoms with Crippen molar-refractivity contribution in [3.05, 3.63) is 68.8 Å². The van der Waals surface area contributed by atoms with Gasteiger partial charge in [0, 0.05) is 17.8 Å². The van der Waals surface area contributed by atoms with Crippen molar-refractivity contribution >= 4 is 11.6 Å². The molecule has 2 nitrogen and oxygen atoms in total. The van der Waals surface area contributed by atoms with Gasteiger partial charge in [0.15, 0.2) is 0 Å². The molecule has 0 amide bonds. The number of aromatic nitrogens is 1. The molecule has 2 rings (SSSR count). The first-order chi connectivity index (χ1) is 8.08. The van der Waals surface area contributed by atoms with E-state index in [0.29, 0.717) is 5.56 Å². The van der Waals surface area contributed by atoms with Crippen molar-refractivity contribution in [2.24, 2.45) is 0 Å². The summed E-state index contributed by atoms with van der Waals surface area (Å²) >= 11 is 5.68. The summed E-state index contributed by atoms with van der Waals surface area (Å²) < 4.78 is 15.1. The molecule has 0 atom stereocenters. The molecule has 0 bridgehead atoms. The Morgan fingerprint density at radius 1 is 1.35 bits per heavy atom. The van der Waals surface area contributed by atoms with Crippen LogP contribution in [0.4, 0.5) is 4.39 Å². The van der Waals surface area contributed by atoms with E-state index in [9.17, 15) is 9.18 Å². The van der Waals surface area contributed by atoms with Gasteiger partial charge in [0.25, 0.3) is 5.56 Å². The van der Waals surface area contributed by atoms with Gasteiger partial charge in [-0.1, -0.05) is 23.7 Å². The molecule has 0 radical (unpaired) electrons. The quantitative estimate of drug-likeness (QED) is 0.804. The van der Waals surface area contributed by atoms with E-state index in [1.54, 1.807) is 18.3 Å². The number of hydrogen-bond donors (Lipinski definition) is 0. The Balaban J connectivity index is 2.38. The van der Waals surface area contributed by atoms with Crippen molar-refractivity contribution in [1.82, 2.24) is 4.57 Å². The maximum absolute atomic E-state index is 13.7. The standard InChI is InChI=1S/C13H11ClFNO/c1-9-5-6-16(12(17)7-9)8-10-3-2-4-11(14)13(10)15/h2-7H,8H2,1H3. The zero-order chi connectivity index (χ0) is 12.4. The molecule has 0 N–H and O–H groups in total. The monoisotopic (exact) mass is 251 g/mol. The molecule has 0 aliphatic carbocycles. The van der Waals surface area contributed by atoms with E-state index < -0.39 is 5.82 Å². The van der Waals surface area contributed by atoms with Crippen LogP contribution >= 0.6 is 11.6 Å². The molecule has 17 heavy (non-hydrogen) atoms. The van der Waals surface area contributed by atoms with Gasteiger partial charge in [-0.05, 0) is 24.6 Å². The normalized spacial score (nSPS) is 10.5. The minimum Gasteiger partial charge on any atom is -0.311 e. The van der Waals surface area contributed by atoms with Gasteiger partial charge in [-0.25, -0.2) is 4.39 Å². The average molecular weight is 252 g/mol. The third-order valence-electron chi connectivity index (χ3n) is 2.52. The molecule has 1 aromatic carbocycles. The Hall–Kier alpha value is -1.61. The molecule has 0 saturated carbocycles. The zero-order valence-electron chi connectivity index (χ0n) is 9.28.